The van der Waals surface area contributed by atoms with Gasteiger partial charge in [0.25, 0.3) is 5.69 Å². The fourth-order valence-corrected chi connectivity index (χ4v) is 1.63. The molecular formula is C14H18N2O6. The van der Waals surface area contributed by atoms with Gasteiger partial charge in [0.15, 0.2) is 0 Å². The number of hydrogen-bond acceptors (Lipinski definition) is 6. The molecule has 0 heterocycles. The highest BCUT2D eigenvalue weighted by Crippen LogP contribution is 2.12. The largest absolute Gasteiger partial charge is 0.466 e. The summed E-state index contributed by atoms with van der Waals surface area (Å²) >= 11 is 0. The van der Waals surface area contributed by atoms with Crippen molar-refractivity contribution in [3.63, 3.8) is 0 Å². The second-order valence-electron chi connectivity index (χ2n) is 4.55. The number of ether oxygens (including phenoxy) is 2. The van der Waals surface area contributed by atoms with E-state index in [4.69, 9.17) is 9.47 Å². The molecule has 0 saturated carbocycles. The van der Waals surface area contributed by atoms with Gasteiger partial charge in [-0.05, 0) is 31.5 Å². The van der Waals surface area contributed by atoms with Crippen LogP contribution in [0.1, 0.15) is 25.8 Å². The van der Waals surface area contributed by atoms with Gasteiger partial charge in [-0.15, -0.1) is 0 Å². The fourth-order valence-electron chi connectivity index (χ4n) is 1.63. The van der Waals surface area contributed by atoms with Gasteiger partial charge in [0, 0.05) is 18.2 Å². The molecule has 1 N–H and O–H groups in total. The number of benzene rings is 1. The highest BCUT2D eigenvalue weighted by Gasteiger charge is 2.13. The lowest BCUT2D eigenvalue weighted by Gasteiger charge is -2.13. The second kappa shape index (κ2) is 8.60. The van der Waals surface area contributed by atoms with Crippen molar-refractivity contribution in [3.8, 4) is 0 Å². The number of nitrogens with one attached hydrogen (secondary N) is 1. The average molecular weight is 310 g/mol. The van der Waals surface area contributed by atoms with Gasteiger partial charge in [-0.25, -0.2) is 4.79 Å². The molecule has 1 rings (SSSR count). The van der Waals surface area contributed by atoms with Crippen LogP contribution >= 0.6 is 0 Å². The number of nitro groups is 1. The number of hydrogen-bond donors (Lipinski definition) is 1. The number of rotatable bonds is 7. The second-order valence-corrected chi connectivity index (χ2v) is 4.55. The number of non-ortho nitro benzene ring substituents is 1. The Labute approximate surface area is 127 Å². The SMILES string of the molecule is CCOC(=O)C[C@H](C)NC(=O)OCc1ccc([N+](=O)[O-])cc1. The molecule has 0 radical (unpaired) electrons. The van der Waals surface area contributed by atoms with E-state index in [1.165, 1.54) is 24.3 Å². The van der Waals surface area contributed by atoms with Gasteiger partial charge >= 0.3 is 12.1 Å². The molecule has 8 heteroatoms. The molecule has 0 aliphatic heterocycles. The van der Waals surface area contributed by atoms with Crippen LogP contribution in [-0.4, -0.2) is 29.6 Å². The van der Waals surface area contributed by atoms with Gasteiger partial charge in [0.1, 0.15) is 6.61 Å². The molecule has 0 aliphatic rings. The van der Waals surface area contributed by atoms with Gasteiger partial charge in [-0.1, -0.05) is 0 Å². The first-order valence-corrected chi connectivity index (χ1v) is 6.74. The monoisotopic (exact) mass is 310 g/mol. The summed E-state index contributed by atoms with van der Waals surface area (Å²) in [6.07, 6.45) is -0.615. The Hall–Kier alpha value is -2.64. The standard InChI is InChI=1S/C14H18N2O6/c1-3-21-13(17)8-10(2)15-14(18)22-9-11-4-6-12(7-5-11)16(19)20/h4-7,10H,3,8-9H2,1-2H3,(H,15,18)/t10-/m0/s1. The van der Waals surface area contributed by atoms with Crippen molar-refractivity contribution in [2.75, 3.05) is 6.61 Å². The topological polar surface area (TPSA) is 108 Å². The third-order valence-electron chi connectivity index (χ3n) is 2.66. The lowest BCUT2D eigenvalue weighted by atomic mass is 10.2. The van der Waals surface area contributed by atoms with Crippen molar-refractivity contribution < 1.29 is 24.0 Å². The van der Waals surface area contributed by atoms with Crippen molar-refractivity contribution >= 4 is 17.7 Å². The van der Waals surface area contributed by atoms with Crippen LogP contribution in [0.25, 0.3) is 0 Å². The minimum absolute atomic E-state index is 0.0179. The normalized spacial score (nSPS) is 11.4. The molecular weight excluding hydrogens is 292 g/mol. The molecule has 0 unspecified atom stereocenters. The molecule has 0 fully saturated rings. The van der Waals surface area contributed by atoms with Crippen molar-refractivity contribution in [1.82, 2.24) is 5.32 Å². The molecule has 0 aromatic heterocycles. The Balaban J connectivity index is 2.36. The van der Waals surface area contributed by atoms with Crippen molar-refractivity contribution in [2.45, 2.75) is 32.9 Å². The van der Waals surface area contributed by atoms with E-state index >= 15 is 0 Å². The summed E-state index contributed by atoms with van der Waals surface area (Å²) in [5, 5.41) is 13.0. The summed E-state index contributed by atoms with van der Waals surface area (Å²) in [7, 11) is 0. The molecule has 0 bridgehead atoms. The molecule has 0 aliphatic carbocycles. The zero-order valence-corrected chi connectivity index (χ0v) is 12.4. The van der Waals surface area contributed by atoms with Crippen LogP contribution < -0.4 is 5.32 Å². The maximum Gasteiger partial charge on any atom is 0.407 e. The van der Waals surface area contributed by atoms with E-state index < -0.39 is 23.0 Å². The Bertz CT molecular complexity index is 529. The number of nitrogens with zero attached hydrogens (tertiary/aromatic N) is 1. The summed E-state index contributed by atoms with van der Waals surface area (Å²) in [5.41, 5.74) is 0.593. The maximum atomic E-state index is 11.5. The smallest absolute Gasteiger partial charge is 0.407 e. The number of alkyl carbamates (subject to hydrolysis) is 1. The van der Waals surface area contributed by atoms with E-state index in [1.54, 1.807) is 13.8 Å². The third-order valence-corrected chi connectivity index (χ3v) is 2.66. The maximum absolute atomic E-state index is 11.5. The Morgan fingerprint density at radius 2 is 1.91 bits per heavy atom. The molecule has 120 valence electrons. The number of carbonyl (C=O) groups is 2. The molecule has 1 aromatic carbocycles. The minimum atomic E-state index is -0.671. The lowest BCUT2D eigenvalue weighted by molar-refractivity contribution is -0.384. The fraction of sp³-hybridized carbons (Fsp3) is 0.429. The summed E-state index contributed by atoms with van der Waals surface area (Å²) < 4.78 is 9.74. The van der Waals surface area contributed by atoms with E-state index in [0.29, 0.717) is 5.56 Å². The predicted octanol–water partition coefficient (Wildman–Crippen LogP) is 2.16. The van der Waals surface area contributed by atoms with Gasteiger partial charge in [-0.2, -0.15) is 0 Å². The summed E-state index contributed by atoms with van der Waals surface area (Å²) in [4.78, 5) is 32.8. The van der Waals surface area contributed by atoms with E-state index in [1.807, 2.05) is 0 Å². The molecule has 0 saturated heterocycles. The van der Waals surface area contributed by atoms with Gasteiger partial charge in [-0.3, -0.25) is 14.9 Å². The van der Waals surface area contributed by atoms with Crippen molar-refractivity contribution in [2.24, 2.45) is 0 Å². The van der Waals surface area contributed by atoms with Crippen LogP contribution in [0, 0.1) is 10.1 Å². The summed E-state index contributed by atoms with van der Waals surface area (Å²) in [6.45, 7) is 3.63. The number of amides is 1. The predicted molar refractivity (Wildman–Crippen MR) is 77.1 cm³/mol. The summed E-state index contributed by atoms with van der Waals surface area (Å²) in [5.74, 6) is -0.398. The van der Waals surface area contributed by atoms with Crippen LogP contribution in [0.5, 0.6) is 0 Å². The molecule has 1 aromatic rings. The van der Waals surface area contributed by atoms with Gasteiger partial charge in [0.2, 0.25) is 0 Å². The highest BCUT2D eigenvalue weighted by atomic mass is 16.6. The van der Waals surface area contributed by atoms with Gasteiger partial charge in [0.05, 0.1) is 18.0 Å². The Kier molecular flexibility index (Phi) is 6.81. The minimum Gasteiger partial charge on any atom is -0.466 e. The molecule has 22 heavy (non-hydrogen) atoms. The Morgan fingerprint density at radius 1 is 1.27 bits per heavy atom. The molecule has 8 nitrogen and oxygen atoms in total. The average Bonchev–Trinajstić information content (AvgIpc) is 2.45. The Morgan fingerprint density at radius 3 is 2.45 bits per heavy atom. The quantitative estimate of drug-likeness (QED) is 0.469. The summed E-state index contributed by atoms with van der Waals surface area (Å²) in [6, 6.07) is 5.27. The highest BCUT2D eigenvalue weighted by molar-refractivity contribution is 5.72. The number of esters is 1. The van der Waals surface area contributed by atoms with Crippen molar-refractivity contribution in [3.05, 3.63) is 39.9 Å². The van der Waals surface area contributed by atoms with E-state index in [9.17, 15) is 19.7 Å². The third kappa shape index (κ3) is 6.21. The van der Waals surface area contributed by atoms with E-state index in [-0.39, 0.29) is 25.3 Å². The van der Waals surface area contributed by atoms with Crippen LogP contribution in [-0.2, 0) is 20.9 Å². The van der Waals surface area contributed by atoms with Crippen LogP contribution in [0.2, 0.25) is 0 Å². The lowest BCUT2D eigenvalue weighted by Crippen LogP contribution is -2.34. The molecule has 1 amide bonds. The van der Waals surface area contributed by atoms with E-state index in [0.717, 1.165) is 0 Å². The van der Waals surface area contributed by atoms with Crippen LogP contribution in [0.4, 0.5) is 10.5 Å². The first kappa shape index (κ1) is 17.4. The van der Waals surface area contributed by atoms with E-state index in [2.05, 4.69) is 5.32 Å². The zero-order chi connectivity index (χ0) is 16.5. The zero-order valence-electron chi connectivity index (χ0n) is 12.4. The number of carbonyl (C=O) groups excluding carboxylic acids is 2. The number of nitro benzene ring substituents is 1. The first-order valence-electron chi connectivity index (χ1n) is 6.74. The molecule has 1 atom stereocenters. The first-order chi connectivity index (χ1) is 10.4. The van der Waals surface area contributed by atoms with Crippen LogP contribution in [0.15, 0.2) is 24.3 Å². The van der Waals surface area contributed by atoms with Crippen molar-refractivity contribution in [1.29, 1.82) is 0 Å². The molecule has 0 spiro atoms. The van der Waals surface area contributed by atoms with Crippen LogP contribution in [0.3, 0.4) is 0 Å². The van der Waals surface area contributed by atoms with Gasteiger partial charge < -0.3 is 14.8 Å².